The molecule has 3 nitrogen and oxygen atoms in total. The minimum atomic E-state index is -3.72. The lowest BCUT2D eigenvalue weighted by atomic mass is 10.1. The van der Waals surface area contributed by atoms with Gasteiger partial charge in [0.05, 0.1) is 0 Å². The summed E-state index contributed by atoms with van der Waals surface area (Å²) in [5, 5.41) is 0. The van der Waals surface area contributed by atoms with Crippen molar-refractivity contribution in [2.75, 3.05) is 18.0 Å². The van der Waals surface area contributed by atoms with Crippen molar-refractivity contribution in [3.05, 3.63) is 30.3 Å². The molecule has 0 amide bonds. The molecule has 1 saturated heterocycles. The highest BCUT2D eigenvalue weighted by atomic mass is 36.0. The topological polar surface area (TPSA) is 37.4 Å². The van der Waals surface area contributed by atoms with Gasteiger partial charge in [-0.2, -0.15) is 8.42 Å². The Labute approximate surface area is 111 Å². The number of rotatable bonds is 1. The second kappa shape index (κ2) is 7.09. The van der Waals surface area contributed by atoms with Crippen LogP contribution < -0.4 is 4.90 Å². The number of para-hydroxylation sites is 1. The van der Waals surface area contributed by atoms with Crippen molar-refractivity contribution in [3.8, 4) is 0 Å². The number of nitrogens with zero attached hydrogens (tertiary/aromatic N) is 1. The molecule has 0 atom stereocenters. The van der Waals surface area contributed by atoms with Crippen LogP contribution in [0.4, 0.5) is 5.69 Å². The Morgan fingerprint density at radius 2 is 1.41 bits per heavy atom. The van der Waals surface area contributed by atoms with Crippen LogP contribution in [0.2, 0.25) is 0 Å². The molecule has 0 unspecified atom stereocenters. The molecule has 0 aliphatic carbocycles. The number of benzene rings is 1. The number of hydrogen-bond donors (Lipinski definition) is 0. The summed E-state index contributed by atoms with van der Waals surface area (Å²) in [5.74, 6) is 0. The van der Waals surface area contributed by atoms with Gasteiger partial charge in [-0.15, -0.1) is 0 Å². The molecule has 1 aliphatic heterocycles. The Hall–Kier alpha value is -0.450. The number of hydrogen-bond acceptors (Lipinski definition) is 3. The van der Waals surface area contributed by atoms with Crippen LogP contribution in [0.1, 0.15) is 19.3 Å². The first-order valence-corrected chi connectivity index (χ1v) is 8.54. The molecule has 96 valence electrons. The molecule has 1 aromatic carbocycles. The van der Waals surface area contributed by atoms with E-state index >= 15 is 0 Å². The van der Waals surface area contributed by atoms with Crippen LogP contribution >= 0.6 is 21.4 Å². The lowest BCUT2D eigenvalue weighted by molar-refractivity contribution is 0.578. The first-order chi connectivity index (χ1) is 7.97. The predicted molar refractivity (Wildman–Crippen MR) is 73.1 cm³/mol. The molecule has 0 bridgehead atoms. The highest BCUT2D eigenvalue weighted by Crippen LogP contribution is 2.18. The molecular formula is C11H15Cl2NO2S. The highest BCUT2D eigenvalue weighted by molar-refractivity contribution is 8.31. The van der Waals surface area contributed by atoms with Crippen molar-refractivity contribution in [2.45, 2.75) is 19.3 Å². The maximum atomic E-state index is 9.16. The standard InChI is InChI=1S/C11H15N.Cl2O2S/c1-3-7-11(8-4-1)12-9-5-2-6-10-12;1-5(2,3)4/h1,3-4,7-8H,2,5-6,9-10H2;. The molecule has 1 aliphatic rings. The van der Waals surface area contributed by atoms with Crippen LogP contribution in [0.3, 0.4) is 0 Å². The van der Waals surface area contributed by atoms with Crippen LogP contribution in [-0.4, -0.2) is 21.5 Å². The summed E-state index contributed by atoms with van der Waals surface area (Å²) >= 11 is 0. The van der Waals surface area contributed by atoms with E-state index in [9.17, 15) is 0 Å². The normalized spacial score (nSPS) is 16.0. The average Bonchev–Trinajstić information content (AvgIpc) is 2.29. The Morgan fingerprint density at radius 3 is 1.88 bits per heavy atom. The third kappa shape index (κ3) is 7.47. The lowest BCUT2D eigenvalue weighted by Crippen LogP contribution is -2.29. The van der Waals surface area contributed by atoms with Gasteiger partial charge in [0.1, 0.15) is 0 Å². The maximum Gasteiger partial charge on any atom is 0.317 e. The van der Waals surface area contributed by atoms with E-state index in [0.717, 1.165) is 0 Å². The summed E-state index contributed by atoms with van der Waals surface area (Å²) in [4.78, 5) is 2.48. The van der Waals surface area contributed by atoms with E-state index in [1.807, 2.05) is 0 Å². The maximum absolute atomic E-state index is 9.16. The van der Waals surface area contributed by atoms with Crippen LogP contribution in [-0.2, 0) is 8.26 Å². The molecule has 1 fully saturated rings. The lowest BCUT2D eigenvalue weighted by Gasteiger charge is -2.28. The quantitative estimate of drug-likeness (QED) is 0.745. The van der Waals surface area contributed by atoms with Gasteiger partial charge in [0.25, 0.3) is 0 Å². The molecule has 0 radical (unpaired) electrons. The average molecular weight is 296 g/mol. The summed E-state index contributed by atoms with van der Waals surface area (Å²) < 4.78 is 18.3. The third-order valence-electron chi connectivity index (χ3n) is 2.48. The van der Waals surface area contributed by atoms with Crippen LogP contribution in [0.25, 0.3) is 0 Å². The van der Waals surface area contributed by atoms with Crippen LogP contribution in [0, 0.1) is 0 Å². The van der Waals surface area contributed by atoms with Gasteiger partial charge in [-0.1, -0.05) is 18.2 Å². The van der Waals surface area contributed by atoms with Crippen molar-refractivity contribution in [1.29, 1.82) is 0 Å². The van der Waals surface area contributed by atoms with Gasteiger partial charge >= 0.3 is 8.26 Å². The first kappa shape index (κ1) is 14.6. The summed E-state index contributed by atoms with van der Waals surface area (Å²) in [6.45, 7) is 2.48. The Kier molecular flexibility index (Phi) is 6.09. The largest absolute Gasteiger partial charge is 0.372 e. The smallest absolute Gasteiger partial charge is 0.317 e. The fourth-order valence-corrected chi connectivity index (χ4v) is 1.79. The monoisotopic (exact) mass is 295 g/mol. The molecule has 17 heavy (non-hydrogen) atoms. The van der Waals surface area contributed by atoms with Gasteiger partial charge in [-0.3, -0.25) is 0 Å². The Morgan fingerprint density at radius 1 is 0.941 bits per heavy atom. The predicted octanol–water partition coefficient (Wildman–Crippen LogP) is 3.39. The molecule has 2 rings (SSSR count). The Balaban J connectivity index is 0.000000249. The second-order valence-corrected chi connectivity index (χ2v) is 7.43. The number of halogens is 2. The first-order valence-electron chi connectivity index (χ1n) is 5.41. The Bertz CT molecular complexity index is 408. The molecule has 6 heteroatoms. The molecule has 0 spiro atoms. The zero-order valence-corrected chi connectivity index (χ0v) is 11.7. The molecule has 0 N–H and O–H groups in total. The van der Waals surface area contributed by atoms with E-state index in [1.54, 1.807) is 0 Å². The van der Waals surface area contributed by atoms with E-state index in [2.05, 4.69) is 56.6 Å². The number of anilines is 1. The van der Waals surface area contributed by atoms with E-state index in [0.29, 0.717) is 0 Å². The van der Waals surface area contributed by atoms with Gasteiger partial charge in [0, 0.05) is 40.1 Å². The molecule has 0 aromatic heterocycles. The summed E-state index contributed by atoms with van der Waals surface area (Å²) in [6.07, 6.45) is 4.12. The van der Waals surface area contributed by atoms with E-state index in [-0.39, 0.29) is 0 Å². The van der Waals surface area contributed by atoms with Crippen molar-refractivity contribution in [2.24, 2.45) is 0 Å². The van der Waals surface area contributed by atoms with Crippen molar-refractivity contribution in [3.63, 3.8) is 0 Å². The second-order valence-electron chi connectivity index (χ2n) is 3.76. The van der Waals surface area contributed by atoms with Gasteiger partial charge in [-0.05, 0) is 31.4 Å². The van der Waals surface area contributed by atoms with Gasteiger partial charge in [0.15, 0.2) is 0 Å². The van der Waals surface area contributed by atoms with E-state index in [1.165, 1.54) is 38.0 Å². The molecular weight excluding hydrogens is 281 g/mol. The van der Waals surface area contributed by atoms with E-state index < -0.39 is 8.26 Å². The molecule has 1 heterocycles. The fourth-order valence-electron chi connectivity index (χ4n) is 1.79. The minimum Gasteiger partial charge on any atom is -0.372 e. The van der Waals surface area contributed by atoms with Crippen LogP contribution in [0.5, 0.6) is 0 Å². The van der Waals surface area contributed by atoms with Crippen LogP contribution in [0.15, 0.2) is 30.3 Å². The van der Waals surface area contributed by atoms with Crippen molar-refractivity contribution >= 4 is 35.3 Å². The SMILES string of the molecule is O=S(=O)(Cl)Cl.c1ccc(N2CCCCC2)cc1. The zero-order chi connectivity index (χ0) is 12.7. The summed E-state index contributed by atoms with van der Waals surface area (Å²) in [5.41, 5.74) is 1.39. The zero-order valence-electron chi connectivity index (χ0n) is 9.35. The van der Waals surface area contributed by atoms with Gasteiger partial charge in [0.2, 0.25) is 0 Å². The fraction of sp³-hybridized carbons (Fsp3) is 0.455. The van der Waals surface area contributed by atoms with Gasteiger partial charge < -0.3 is 4.90 Å². The number of piperidine rings is 1. The molecule has 1 aromatic rings. The van der Waals surface area contributed by atoms with E-state index in [4.69, 9.17) is 8.42 Å². The summed E-state index contributed by atoms with van der Waals surface area (Å²) in [7, 11) is 4.81. The minimum absolute atomic E-state index is 1.24. The van der Waals surface area contributed by atoms with Crippen molar-refractivity contribution in [1.82, 2.24) is 0 Å². The molecule has 0 saturated carbocycles. The van der Waals surface area contributed by atoms with Gasteiger partial charge in [-0.25, -0.2) is 0 Å². The summed E-state index contributed by atoms with van der Waals surface area (Å²) in [6, 6.07) is 10.7. The third-order valence-corrected chi connectivity index (χ3v) is 2.48. The highest BCUT2D eigenvalue weighted by Gasteiger charge is 2.09. The van der Waals surface area contributed by atoms with Crippen molar-refractivity contribution < 1.29 is 8.42 Å².